The fourth-order valence-electron chi connectivity index (χ4n) is 1.68. The highest BCUT2D eigenvalue weighted by molar-refractivity contribution is 9.11. The average Bonchev–Trinajstić information content (AvgIpc) is 2.14. The lowest BCUT2D eigenvalue weighted by Crippen LogP contribution is -2.21. The van der Waals surface area contributed by atoms with Crippen LogP contribution in [-0.4, -0.2) is 6.54 Å². The highest BCUT2D eigenvalue weighted by atomic mass is 79.9. The molecule has 16 heavy (non-hydrogen) atoms. The Morgan fingerprint density at radius 2 is 1.88 bits per heavy atom. The van der Waals surface area contributed by atoms with Crippen LogP contribution in [0.25, 0.3) is 0 Å². The monoisotopic (exact) mass is 345 g/mol. The smallest absolute Gasteiger partial charge is 0.0358 e. The normalized spacial score (nSPS) is 12.5. The van der Waals surface area contributed by atoms with Crippen LogP contribution in [-0.2, 0) is 0 Å². The third kappa shape index (κ3) is 4.40. The van der Waals surface area contributed by atoms with Crippen molar-refractivity contribution in [2.24, 2.45) is 0 Å². The summed E-state index contributed by atoms with van der Waals surface area (Å²) in [6, 6.07) is 6.70. The van der Waals surface area contributed by atoms with E-state index < -0.39 is 0 Å². The predicted octanol–water partition coefficient (Wildman–Crippen LogP) is 4.83. The van der Waals surface area contributed by atoms with Crippen molar-refractivity contribution in [3.05, 3.63) is 44.9 Å². The molecule has 0 fully saturated rings. The average molecular weight is 347 g/mol. The quantitative estimate of drug-likeness (QED) is 0.753. The van der Waals surface area contributed by atoms with Crippen molar-refractivity contribution in [1.82, 2.24) is 5.32 Å². The van der Waals surface area contributed by atoms with Gasteiger partial charge in [0.25, 0.3) is 0 Å². The fraction of sp³-hybridized carbons (Fsp3) is 0.385. The Morgan fingerprint density at radius 1 is 1.31 bits per heavy atom. The van der Waals surface area contributed by atoms with Gasteiger partial charge in [0, 0.05) is 15.0 Å². The Balaban J connectivity index is 2.95. The molecule has 0 aliphatic heterocycles. The number of rotatable bonds is 5. The lowest BCUT2D eigenvalue weighted by molar-refractivity contribution is 0.548. The lowest BCUT2D eigenvalue weighted by atomic mass is 10.0. The van der Waals surface area contributed by atoms with Gasteiger partial charge < -0.3 is 5.32 Å². The number of benzene rings is 1. The van der Waals surface area contributed by atoms with Crippen LogP contribution in [0.1, 0.15) is 31.9 Å². The summed E-state index contributed by atoms with van der Waals surface area (Å²) in [7, 11) is 0. The van der Waals surface area contributed by atoms with Gasteiger partial charge >= 0.3 is 0 Å². The van der Waals surface area contributed by atoms with E-state index in [0.717, 1.165) is 21.9 Å². The summed E-state index contributed by atoms with van der Waals surface area (Å²) in [6.07, 6.45) is 0.969. The molecule has 1 rings (SSSR count). The second kappa shape index (κ2) is 6.58. The maximum atomic E-state index is 3.98. The first-order valence-electron chi connectivity index (χ1n) is 5.36. The maximum Gasteiger partial charge on any atom is 0.0358 e. The van der Waals surface area contributed by atoms with Gasteiger partial charge in [0.1, 0.15) is 0 Å². The van der Waals surface area contributed by atoms with E-state index in [1.54, 1.807) is 0 Å². The predicted molar refractivity (Wildman–Crippen MR) is 77.7 cm³/mol. The van der Waals surface area contributed by atoms with Gasteiger partial charge in [0.05, 0.1) is 0 Å². The number of hydrogen-bond donors (Lipinski definition) is 1. The van der Waals surface area contributed by atoms with Gasteiger partial charge in [-0.2, -0.15) is 0 Å². The molecular weight excluding hydrogens is 330 g/mol. The molecule has 0 heterocycles. The summed E-state index contributed by atoms with van der Waals surface area (Å²) in [5.74, 6) is 0. The first-order chi connectivity index (χ1) is 7.52. The van der Waals surface area contributed by atoms with Gasteiger partial charge in [0.15, 0.2) is 0 Å². The Kier molecular flexibility index (Phi) is 5.73. The first-order valence-corrected chi connectivity index (χ1v) is 6.95. The van der Waals surface area contributed by atoms with E-state index in [1.807, 2.05) is 6.07 Å². The topological polar surface area (TPSA) is 12.0 Å². The SMILES string of the molecule is C=C(C)CC(NCC)c1cc(Br)cc(Br)c1. The Bertz CT molecular complexity index is 354. The number of hydrogen-bond acceptors (Lipinski definition) is 1. The number of halogens is 2. The Hall–Kier alpha value is -0.120. The van der Waals surface area contributed by atoms with E-state index in [4.69, 9.17) is 0 Å². The minimum atomic E-state index is 0.344. The molecule has 0 saturated heterocycles. The minimum Gasteiger partial charge on any atom is -0.310 e. The summed E-state index contributed by atoms with van der Waals surface area (Å²) < 4.78 is 2.20. The van der Waals surface area contributed by atoms with Crippen LogP contribution < -0.4 is 5.32 Å². The minimum absolute atomic E-state index is 0.344. The molecule has 0 saturated carbocycles. The van der Waals surface area contributed by atoms with Crippen LogP contribution in [0, 0.1) is 0 Å². The van der Waals surface area contributed by atoms with Gasteiger partial charge in [0.2, 0.25) is 0 Å². The molecule has 1 atom stereocenters. The van der Waals surface area contributed by atoms with Crippen LogP contribution in [0.15, 0.2) is 39.3 Å². The highest BCUT2D eigenvalue weighted by Gasteiger charge is 2.11. The van der Waals surface area contributed by atoms with Gasteiger partial charge in [-0.15, -0.1) is 6.58 Å². The van der Waals surface area contributed by atoms with E-state index >= 15 is 0 Å². The molecule has 0 aromatic heterocycles. The molecule has 1 aromatic rings. The van der Waals surface area contributed by atoms with E-state index in [1.165, 1.54) is 11.1 Å². The molecule has 0 amide bonds. The Labute approximate surface area is 115 Å². The van der Waals surface area contributed by atoms with Crippen molar-refractivity contribution < 1.29 is 0 Å². The van der Waals surface area contributed by atoms with Crippen molar-refractivity contribution in [3.63, 3.8) is 0 Å². The molecule has 1 N–H and O–H groups in total. The Morgan fingerprint density at radius 3 is 2.31 bits per heavy atom. The zero-order chi connectivity index (χ0) is 12.1. The van der Waals surface area contributed by atoms with Gasteiger partial charge in [-0.25, -0.2) is 0 Å². The van der Waals surface area contributed by atoms with Crippen LogP contribution in [0.3, 0.4) is 0 Å². The molecule has 3 heteroatoms. The molecule has 1 nitrogen and oxygen atoms in total. The van der Waals surface area contributed by atoms with Gasteiger partial charge in [-0.3, -0.25) is 0 Å². The third-order valence-corrected chi connectivity index (χ3v) is 3.21. The summed E-state index contributed by atoms with van der Waals surface area (Å²) in [6.45, 7) is 9.13. The lowest BCUT2D eigenvalue weighted by Gasteiger charge is -2.19. The molecule has 0 radical (unpaired) electrons. The van der Waals surface area contributed by atoms with Crippen LogP contribution in [0.5, 0.6) is 0 Å². The zero-order valence-electron chi connectivity index (χ0n) is 9.69. The van der Waals surface area contributed by atoms with E-state index in [-0.39, 0.29) is 0 Å². The molecule has 0 bridgehead atoms. The molecule has 0 spiro atoms. The third-order valence-electron chi connectivity index (χ3n) is 2.29. The molecule has 1 unspecified atom stereocenters. The molecule has 0 aliphatic rings. The van der Waals surface area contributed by atoms with E-state index in [0.29, 0.717) is 6.04 Å². The van der Waals surface area contributed by atoms with Gasteiger partial charge in [-0.1, -0.05) is 44.4 Å². The van der Waals surface area contributed by atoms with Crippen molar-refractivity contribution in [2.45, 2.75) is 26.3 Å². The summed E-state index contributed by atoms with van der Waals surface area (Å²) >= 11 is 7.04. The molecule has 88 valence electrons. The summed E-state index contributed by atoms with van der Waals surface area (Å²) in [5.41, 5.74) is 2.48. The fourth-order valence-corrected chi connectivity index (χ4v) is 3.01. The van der Waals surface area contributed by atoms with Crippen molar-refractivity contribution >= 4 is 31.9 Å². The summed E-state index contributed by atoms with van der Waals surface area (Å²) in [5, 5.41) is 3.48. The second-order valence-electron chi connectivity index (χ2n) is 3.97. The van der Waals surface area contributed by atoms with E-state index in [2.05, 4.69) is 69.7 Å². The molecular formula is C13H17Br2N. The molecule has 0 aliphatic carbocycles. The second-order valence-corrected chi connectivity index (χ2v) is 5.81. The van der Waals surface area contributed by atoms with Crippen LogP contribution >= 0.6 is 31.9 Å². The van der Waals surface area contributed by atoms with Crippen molar-refractivity contribution in [3.8, 4) is 0 Å². The van der Waals surface area contributed by atoms with Crippen LogP contribution in [0.4, 0.5) is 0 Å². The molecule has 1 aromatic carbocycles. The maximum absolute atomic E-state index is 3.98. The zero-order valence-corrected chi connectivity index (χ0v) is 12.9. The highest BCUT2D eigenvalue weighted by Crippen LogP contribution is 2.27. The van der Waals surface area contributed by atoms with Crippen molar-refractivity contribution in [1.29, 1.82) is 0 Å². The number of nitrogens with one attached hydrogen (secondary N) is 1. The van der Waals surface area contributed by atoms with Crippen molar-refractivity contribution in [2.75, 3.05) is 6.54 Å². The first kappa shape index (κ1) is 13.9. The standard InChI is InChI=1S/C13H17Br2N/c1-4-16-13(5-9(2)3)10-6-11(14)8-12(15)7-10/h6-8,13,16H,2,4-5H2,1,3H3. The van der Waals surface area contributed by atoms with Gasteiger partial charge in [-0.05, 0) is 43.7 Å². The van der Waals surface area contributed by atoms with E-state index in [9.17, 15) is 0 Å². The largest absolute Gasteiger partial charge is 0.310 e. The van der Waals surface area contributed by atoms with Crippen LogP contribution in [0.2, 0.25) is 0 Å². The summed E-state index contributed by atoms with van der Waals surface area (Å²) in [4.78, 5) is 0.